The monoisotopic (exact) mass is 535 g/mol. The third-order valence-corrected chi connectivity index (χ3v) is 5.70. The van der Waals surface area contributed by atoms with E-state index in [9.17, 15) is 19.2 Å². The molecule has 1 aromatic carbocycles. The fraction of sp³-hybridized carbons (Fsp3) is 0.556. The standard InChI is InChI=1S/C27H41N3O6S/c1-8-16-30(25(33)21(14-17-37-7)29-26(34)36-27(4,5)6)23(20-12-10-11-19(3)18-20)24(32)28-15-13-22(31)35-9-2/h8,10-12,18,21,23H,1,9,13-17H2,2-7H3,(H,28,32)(H,29,34). The van der Waals surface area contributed by atoms with Crippen LogP contribution in [0.3, 0.4) is 0 Å². The highest BCUT2D eigenvalue weighted by Gasteiger charge is 2.35. The number of hydrogen-bond donors (Lipinski definition) is 2. The molecular weight excluding hydrogens is 494 g/mol. The van der Waals surface area contributed by atoms with E-state index in [4.69, 9.17) is 9.47 Å². The zero-order valence-electron chi connectivity index (χ0n) is 22.8. The number of rotatable bonds is 14. The highest BCUT2D eigenvalue weighted by atomic mass is 32.2. The van der Waals surface area contributed by atoms with Crippen LogP contribution < -0.4 is 10.6 Å². The molecule has 10 heteroatoms. The summed E-state index contributed by atoms with van der Waals surface area (Å²) in [5, 5.41) is 5.44. The van der Waals surface area contributed by atoms with Crippen molar-refractivity contribution in [2.45, 2.75) is 65.1 Å². The lowest BCUT2D eigenvalue weighted by molar-refractivity contribution is -0.144. The Kier molecular flexibility index (Phi) is 13.8. The van der Waals surface area contributed by atoms with Crippen LogP contribution in [-0.2, 0) is 23.9 Å². The first-order valence-electron chi connectivity index (χ1n) is 12.3. The number of amides is 3. The number of benzene rings is 1. The SMILES string of the molecule is C=CCN(C(=O)C(CCSC)NC(=O)OC(C)(C)C)C(C(=O)NCCC(=O)OCC)c1cccc(C)c1. The molecule has 37 heavy (non-hydrogen) atoms. The van der Waals surface area contributed by atoms with E-state index in [1.165, 1.54) is 22.7 Å². The van der Waals surface area contributed by atoms with Crippen molar-refractivity contribution >= 4 is 35.6 Å². The van der Waals surface area contributed by atoms with Gasteiger partial charge in [-0.2, -0.15) is 11.8 Å². The largest absolute Gasteiger partial charge is 0.466 e. The first-order valence-corrected chi connectivity index (χ1v) is 13.7. The number of thioether (sulfide) groups is 1. The predicted octanol–water partition coefficient (Wildman–Crippen LogP) is 3.77. The zero-order chi connectivity index (χ0) is 28.0. The third kappa shape index (κ3) is 11.7. The van der Waals surface area contributed by atoms with Gasteiger partial charge in [0, 0.05) is 13.1 Å². The van der Waals surface area contributed by atoms with E-state index >= 15 is 0 Å². The molecule has 0 fully saturated rings. The zero-order valence-corrected chi connectivity index (χ0v) is 23.6. The molecule has 0 aliphatic rings. The molecule has 1 rings (SSSR count). The highest BCUT2D eigenvalue weighted by molar-refractivity contribution is 7.98. The van der Waals surface area contributed by atoms with Crippen molar-refractivity contribution in [2.24, 2.45) is 0 Å². The summed E-state index contributed by atoms with van der Waals surface area (Å²) in [7, 11) is 0. The van der Waals surface area contributed by atoms with E-state index in [-0.39, 0.29) is 26.1 Å². The number of carbonyl (C=O) groups is 4. The van der Waals surface area contributed by atoms with E-state index in [0.717, 1.165) is 5.56 Å². The van der Waals surface area contributed by atoms with Gasteiger partial charge in [0.25, 0.3) is 0 Å². The Morgan fingerprint density at radius 3 is 2.49 bits per heavy atom. The fourth-order valence-electron chi connectivity index (χ4n) is 3.54. The Hall–Kier alpha value is -3.01. The summed E-state index contributed by atoms with van der Waals surface area (Å²) in [6.45, 7) is 13.0. The van der Waals surface area contributed by atoms with E-state index < -0.39 is 41.6 Å². The minimum atomic E-state index is -1.01. The predicted molar refractivity (Wildman–Crippen MR) is 146 cm³/mol. The molecule has 0 aromatic heterocycles. The van der Waals surface area contributed by atoms with Crippen LogP contribution in [0, 0.1) is 6.92 Å². The lowest BCUT2D eigenvalue weighted by Gasteiger charge is -2.34. The average molecular weight is 536 g/mol. The number of carbonyl (C=O) groups excluding carboxylic acids is 4. The Labute approximate surface area is 224 Å². The van der Waals surface area contributed by atoms with Crippen molar-refractivity contribution in [3.05, 3.63) is 48.0 Å². The maximum Gasteiger partial charge on any atom is 0.408 e. The van der Waals surface area contributed by atoms with Gasteiger partial charge in [-0.1, -0.05) is 35.9 Å². The molecule has 0 radical (unpaired) electrons. The molecule has 0 aliphatic heterocycles. The first kappa shape index (κ1) is 32.0. The second-order valence-electron chi connectivity index (χ2n) is 9.42. The van der Waals surface area contributed by atoms with Crippen LogP contribution in [0.1, 0.15) is 57.7 Å². The fourth-order valence-corrected chi connectivity index (χ4v) is 4.01. The van der Waals surface area contributed by atoms with E-state index in [0.29, 0.717) is 17.7 Å². The summed E-state index contributed by atoms with van der Waals surface area (Å²) in [5.74, 6) is -0.708. The lowest BCUT2D eigenvalue weighted by Crippen LogP contribution is -2.53. The molecule has 0 saturated carbocycles. The Balaban J connectivity index is 3.32. The molecule has 9 nitrogen and oxygen atoms in total. The molecule has 0 heterocycles. The van der Waals surface area contributed by atoms with Crippen LogP contribution in [0.4, 0.5) is 4.79 Å². The van der Waals surface area contributed by atoms with Crippen molar-refractivity contribution < 1.29 is 28.7 Å². The number of alkyl carbamates (subject to hydrolysis) is 1. The van der Waals surface area contributed by atoms with Gasteiger partial charge in [0.15, 0.2) is 0 Å². The number of ether oxygens (including phenoxy) is 2. The van der Waals surface area contributed by atoms with Gasteiger partial charge in [0.2, 0.25) is 11.8 Å². The summed E-state index contributed by atoms with van der Waals surface area (Å²) in [6, 6.07) is 5.38. The van der Waals surface area contributed by atoms with Gasteiger partial charge in [-0.3, -0.25) is 14.4 Å². The first-order chi connectivity index (χ1) is 17.4. The van der Waals surface area contributed by atoms with Crippen LogP contribution in [0.5, 0.6) is 0 Å². The molecular formula is C27H41N3O6S. The maximum absolute atomic E-state index is 13.9. The molecule has 0 bridgehead atoms. The summed E-state index contributed by atoms with van der Waals surface area (Å²) < 4.78 is 10.3. The molecule has 0 spiro atoms. The molecule has 2 N–H and O–H groups in total. The highest BCUT2D eigenvalue weighted by Crippen LogP contribution is 2.24. The van der Waals surface area contributed by atoms with Gasteiger partial charge < -0.3 is 25.0 Å². The third-order valence-electron chi connectivity index (χ3n) is 5.06. The van der Waals surface area contributed by atoms with Gasteiger partial charge in [-0.15, -0.1) is 6.58 Å². The summed E-state index contributed by atoms with van der Waals surface area (Å²) in [6.07, 6.45) is 3.08. The molecule has 3 amide bonds. The van der Waals surface area contributed by atoms with Crippen LogP contribution in [0.2, 0.25) is 0 Å². The lowest BCUT2D eigenvalue weighted by atomic mass is 10.0. The van der Waals surface area contributed by atoms with Crippen molar-refractivity contribution in [3.8, 4) is 0 Å². The molecule has 206 valence electrons. The molecule has 2 unspecified atom stereocenters. The molecule has 0 saturated heterocycles. The van der Waals surface area contributed by atoms with Crippen molar-refractivity contribution in [1.82, 2.24) is 15.5 Å². The Morgan fingerprint density at radius 1 is 1.22 bits per heavy atom. The van der Waals surface area contributed by atoms with Crippen molar-refractivity contribution in [3.63, 3.8) is 0 Å². The van der Waals surface area contributed by atoms with Crippen LogP contribution in [-0.4, -0.2) is 72.1 Å². The Morgan fingerprint density at radius 2 is 1.92 bits per heavy atom. The van der Waals surface area contributed by atoms with Crippen LogP contribution >= 0.6 is 11.8 Å². The summed E-state index contributed by atoms with van der Waals surface area (Å²) in [4.78, 5) is 53.0. The number of nitrogens with one attached hydrogen (secondary N) is 2. The second kappa shape index (κ2) is 16.0. The van der Waals surface area contributed by atoms with Gasteiger partial charge in [0.05, 0.1) is 13.0 Å². The quantitative estimate of drug-likeness (QED) is 0.275. The van der Waals surface area contributed by atoms with Gasteiger partial charge in [-0.05, 0) is 58.6 Å². The average Bonchev–Trinajstić information content (AvgIpc) is 2.80. The topological polar surface area (TPSA) is 114 Å². The van der Waals surface area contributed by atoms with Crippen LogP contribution in [0.25, 0.3) is 0 Å². The maximum atomic E-state index is 13.9. The smallest absolute Gasteiger partial charge is 0.408 e. The summed E-state index contributed by atoms with van der Waals surface area (Å²) in [5.41, 5.74) is 0.782. The van der Waals surface area contributed by atoms with Crippen molar-refractivity contribution in [1.29, 1.82) is 0 Å². The van der Waals surface area contributed by atoms with Crippen molar-refractivity contribution in [2.75, 3.05) is 31.7 Å². The molecule has 1 aromatic rings. The van der Waals surface area contributed by atoms with E-state index in [1.807, 2.05) is 31.4 Å². The van der Waals surface area contributed by atoms with Gasteiger partial charge in [-0.25, -0.2) is 4.79 Å². The minimum Gasteiger partial charge on any atom is -0.466 e. The van der Waals surface area contributed by atoms with E-state index in [2.05, 4.69) is 17.2 Å². The number of aryl methyl sites for hydroxylation is 1. The minimum absolute atomic E-state index is 0.00602. The second-order valence-corrected chi connectivity index (χ2v) is 10.4. The molecule has 0 aliphatic carbocycles. The van der Waals surface area contributed by atoms with Gasteiger partial charge in [0.1, 0.15) is 17.7 Å². The normalized spacial score (nSPS) is 12.6. The Bertz CT molecular complexity index is 931. The van der Waals surface area contributed by atoms with Crippen LogP contribution in [0.15, 0.2) is 36.9 Å². The van der Waals surface area contributed by atoms with Gasteiger partial charge >= 0.3 is 12.1 Å². The number of nitrogens with zero attached hydrogens (tertiary/aromatic N) is 1. The number of hydrogen-bond acceptors (Lipinski definition) is 7. The number of esters is 1. The summed E-state index contributed by atoms with van der Waals surface area (Å²) >= 11 is 1.54. The molecule has 2 atom stereocenters. The van der Waals surface area contributed by atoms with E-state index in [1.54, 1.807) is 33.8 Å².